The molecule has 0 heterocycles. The Bertz CT molecular complexity index is 441. The fourth-order valence-electron chi connectivity index (χ4n) is 1.57. The molecule has 0 spiro atoms. The maximum absolute atomic E-state index is 11.7. The van der Waals surface area contributed by atoms with Gasteiger partial charge in [0.25, 0.3) is 0 Å². The number of hydrogen-bond acceptors (Lipinski definition) is 3. The minimum absolute atomic E-state index is 0.0785. The first-order valence-corrected chi connectivity index (χ1v) is 5.43. The Hall–Kier alpha value is -1.81. The number of phenolic OH excluding ortho intramolecular Hbond substituents is 1. The van der Waals surface area contributed by atoms with E-state index in [2.05, 4.69) is 11.9 Å². The number of benzene rings is 1. The molecule has 0 bridgehead atoms. The Morgan fingerprint density at radius 3 is 2.82 bits per heavy atom. The zero-order valence-corrected chi connectivity index (χ0v) is 10.2. The number of hydrogen-bond donors (Lipinski definition) is 3. The van der Waals surface area contributed by atoms with Crippen molar-refractivity contribution in [1.82, 2.24) is 0 Å². The van der Waals surface area contributed by atoms with E-state index in [-0.39, 0.29) is 11.7 Å². The Kier molecular flexibility index (Phi) is 4.29. The van der Waals surface area contributed by atoms with Gasteiger partial charge in [-0.2, -0.15) is 0 Å². The predicted molar refractivity (Wildman–Crippen MR) is 69.0 cm³/mol. The van der Waals surface area contributed by atoms with Crippen molar-refractivity contribution in [2.24, 2.45) is 5.73 Å². The van der Waals surface area contributed by atoms with Crippen LogP contribution in [0.2, 0.25) is 0 Å². The van der Waals surface area contributed by atoms with Crippen molar-refractivity contribution in [2.75, 3.05) is 5.32 Å². The van der Waals surface area contributed by atoms with Gasteiger partial charge >= 0.3 is 0 Å². The van der Waals surface area contributed by atoms with Gasteiger partial charge in [-0.05, 0) is 37.5 Å². The summed E-state index contributed by atoms with van der Waals surface area (Å²) in [4.78, 5) is 11.7. The van der Waals surface area contributed by atoms with Crippen LogP contribution in [0.1, 0.15) is 17.5 Å². The summed E-state index contributed by atoms with van der Waals surface area (Å²) in [5.74, 6) is -0.250. The lowest BCUT2D eigenvalue weighted by Crippen LogP contribution is -2.35. The van der Waals surface area contributed by atoms with E-state index in [1.54, 1.807) is 19.1 Å². The van der Waals surface area contributed by atoms with E-state index in [1.165, 1.54) is 0 Å². The van der Waals surface area contributed by atoms with Gasteiger partial charge in [-0.3, -0.25) is 4.79 Å². The van der Waals surface area contributed by atoms with Crippen LogP contribution in [0.5, 0.6) is 5.75 Å². The van der Waals surface area contributed by atoms with Gasteiger partial charge in [0.15, 0.2) is 0 Å². The molecule has 1 rings (SSSR count). The van der Waals surface area contributed by atoms with E-state index >= 15 is 0 Å². The van der Waals surface area contributed by atoms with Crippen LogP contribution in [-0.2, 0) is 4.79 Å². The van der Waals surface area contributed by atoms with Crippen molar-refractivity contribution in [3.8, 4) is 5.75 Å². The quantitative estimate of drug-likeness (QED) is 0.549. The molecule has 0 radical (unpaired) electrons. The maximum atomic E-state index is 11.7. The van der Waals surface area contributed by atoms with Crippen LogP contribution < -0.4 is 11.1 Å². The van der Waals surface area contributed by atoms with Crippen molar-refractivity contribution in [1.29, 1.82) is 0 Å². The summed E-state index contributed by atoms with van der Waals surface area (Å²) in [6, 6.07) is 2.91. The topological polar surface area (TPSA) is 75.4 Å². The lowest BCUT2D eigenvalue weighted by Gasteiger charge is -2.13. The van der Waals surface area contributed by atoms with Gasteiger partial charge in [-0.15, -0.1) is 6.58 Å². The van der Waals surface area contributed by atoms with Crippen molar-refractivity contribution in [2.45, 2.75) is 26.3 Å². The van der Waals surface area contributed by atoms with Gasteiger partial charge < -0.3 is 16.2 Å². The molecule has 1 aromatic rings. The molecule has 1 unspecified atom stereocenters. The van der Waals surface area contributed by atoms with Crippen LogP contribution in [0.4, 0.5) is 5.69 Å². The number of anilines is 1. The van der Waals surface area contributed by atoms with Crippen molar-refractivity contribution in [3.63, 3.8) is 0 Å². The summed E-state index contributed by atoms with van der Waals surface area (Å²) in [5, 5.41) is 12.4. The molecular formula is C13H18N2O2. The third-order valence-electron chi connectivity index (χ3n) is 2.46. The monoisotopic (exact) mass is 234 g/mol. The summed E-state index contributed by atoms with van der Waals surface area (Å²) >= 11 is 0. The molecule has 1 atom stereocenters. The minimum atomic E-state index is -0.646. The molecule has 1 amide bonds. The highest BCUT2D eigenvalue weighted by Crippen LogP contribution is 2.28. The number of carbonyl (C=O) groups is 1. The first kappa shape index (κ1) is 13.3. The highest BCUT2D eigenvalue weighted by Gasteiger charge is 2.14. The SMILES string of the molecule is C=CCC(N)C(=O)Nc1cc(C)cc(C)c1O. The Balaban J connectivity index is 2.88. The average molecular weight is 234 g/mol. The lowest BCUT2D eigenvalue weighted by atomic mass is 10.1. The molecule has 1 aromatic carbocycles. The molecular weight excluding hydrogens is 216 g/mol. The highest BCUT2D eigenvalue weighted by atomic mass is 16.3. The number of rotatable bonds is 4. The standard InChI is InChI=1S/C13H18N2O2/c1-4-5-10(14)13(17)15-11-7-8(2)6-9(3)12(11)16/h4,6-7,10,16H,1,5,14H2,2-3H3,(H,15,17). The Labute approximate surface area is 101 Å². The summed E-state index contributed by atoms with van der Waals surface area (Å²) < 4.78 is 0. The molecule has 4 nitrogen and oxygen atoms in total. The summed E-state index contributed by atoms with van der Waals surface area (Å²) in [6.45, 7) is 7.20. The second-order valence-electron chi connectivity index (χ2n) is 4.10. The van der Waals surface area contributed by atoms with Crippen LogP contribution >= 0.6 is 0 Å². The summed E-state index contributed by atoms with van der Waals surface area (Å²) in [7, 11) is 0. The zero-order chi connectivity index (χ0) is 13.0. The molecule has 4 N–H and O–H groups in total. The van der Waals surface area contributed by atoms with E-state index < -0.39 is 6.04 Å². The van der Waals surface area contributed by atoms with Crippen LogP contribution in [0.25, 0.3) is 0 Å². The van der Waals surface area contributed by atoms with Crippen LogP contribution in [0.3, 0.4) is 0 Å². The molecule has 17 heavy (non-hydrogen) atoms. The fraction of sp³-hybridized carbons (Fsp3) is 0.308. The Morgan fingerprint density at radius 1 is 1.59 bits per heavy atom. The van der Waals surface area contributed by atoms with E-state index in [0.717, 1.165) is 11.1 Å². The molecule has 0 aliphatic carbocycles. The third-order valence-corrected chi connectivity index (χ3v) is 2.46. The highest BCUT2D eigenvalue weighted by molar-refractivity contribution is 5.96. The van der Waals surface area contributed by atoms with Crippen LogP contribution in [0.15, 0.2) is 24.8 Å². The molecule has 0 saturated carbocycles. The average Bonchev–Trinajstić information content (AvgIpc) is 2.25. The summed E-state index contributed by atoms with van der Waals surface area (Å²) in [6.07, 6.45) is 1.99. The first-order chi connectivity index (χ1) is 7.95. The van der Waals surface area contributed by atoms with Gasteiger partial charge in [-0.25, -0.2) is 0 Å². The van der Waals surface area contributed by atoms with Gasteiger partial charge in [-0.1, -0.05) is 12.1 Å². The minimum Gasteiger partial charge on any atom is -0.505 e. The smallest absolute Gasteiger partial charge is 0.241 e. The maximum Gasteiger partial charge on any atom is 0.241 e. The lowest BCUT2D eigenvalue weighted by molar-refractivity contribution is -0.117. The summed E-state index contributed by atoms with van der Waals surface area (Å²) in [5.41, 5.74) is 7.72. The molecule has 0 saturated heterocycles. The Morgan fingerprint density at radius 2 is 2.24 bits per heavy atom. The number of amides is 1. The van der Waals surface area contributed by atoms with Crippen LogP contribution in [0, 0.1) is 13.8 Å². The number of aryl methyl sites for hydroxylation is 2. The molecule has 0 aliphatic rings. The zero-order valence-electron chi connectivity index (χ0n) is 10.2. The van der Waals surface area contributed by atoms with Crippen LogP contribution in [-0.4, -0.2) is 17.1 Å². The number of nitrogens with one attached hydrogen (secondary N) is 1. The van der Waals surface area contributed by atoms with Crippen molar-refractivity contribution in [3.05, 3.63) is 35.9 Å². The van der Waals surface area contributed by atoms with E-state index in [1.807, 2.05) is 13.0 Å². The number of nitrogens with two attached hydrogens (primary N) is 1. The largest absolute Gasteiger partial charge is 0.505 e. The molecule has 0 aromatic heterocycles. The third kappa shape index (κ3) is 3.32. The molecule has 92 valence electrons. The van der Waals surface area contributed by atoms with Gasteiger partial charge in [0, 0.05) is 0 Å². The number of carbonyl (C=O) groups excluding carboxylic acids is 1. The number of aromatic hydroxyl groups is 1. The second-order valence-corrected chi connectivity index (χ2v) is 4.10. The van der Waals surface area contributed by atoms with Crippen molar-refractivity contribution < 1.29 is 9.90 Å². The van der Waals surface area contributed by atoms with E-state index in [9.17, 15) is 9.90 Å². The molecule has 0 aliphatic heterocycles. The fourth-order valence-corrected chi connectivity index (χ4v) is 1.57. The van der Waals surface area contributed by atoms with Gasteiger partial charge in [0.05, 0.1) is 11.7 Å². The van der Waals surface area contributed by atoms with Gasteiger partial charge in [0.2, 0.25) is 5.91 Å². The predicted octanol–water partition coefficient (Wildman–Crippen LogP) is 1.85. The molecule has 4 heteroatoms. The van der Waals surface area contributed by atoms with Crippen molar-refractivity contribution >= 4 is 11.6 Å². The number of phenols is 1. The van der Waals surface area contributed by atoms with E-state index in [4.69, 9.17) is 5.73 Å². The second kappa shape index (κ2) is 5.50. The molecule has 0 fully saturated rings. The normalized spacial score (nSPS) is 11.9. The van der Waals surface area contributed by atoms with E-state index in [0.29, 0.717) is 12.1 Å². The first-order valence-electron chi connectivity index (χ1n) is 5.43. The van der Waals surface area contributed by atoms with Gasteiger partial charge in [0.1, 0.15) is 5.75 Å².